The molecule has 1 fully saturated rings. The van der Waals surface area contributed by atoms with E-state index in [1.807, 2.05) is 24.3 Å². The second-order valence-corrected chi connectivity index (χ2v) is 5.44. The van der Waals surface area contributed by atoms with E-state index in [2.05, 4.69) is 5.32 Å². The van der Waals surface area contributed by atoms with E-state index < -0.39 is 6.10 Å². The average molecular weight is 245 g/mol. The third-order valence-electron chi connectivity index (χ3n) is 4.23. The molecule has 1 saturated carbocycles. The van der Waals surface area contributed by atoms with Gasteiger partial charge < -0.3 is 10.4 Å². The molecular formula is C15H19NO2. The van der Waals surface area contributed by atoms with Crippen LogP contribution in [0.15, 0.2) is 24.3 Å². The molecule has 96 valence electrons. The lowest BCUT2D eigenvalue weighted by Crippen LogP contribution is -2.37. The van der Waals surface area contributed by atoms with Crippen LogP contribution >= 0.6 is 0 Å². The molecule has 1 aromatic carbocycles. The van der Waals surface area contributed by atoms with Crippen LogP contribution in [-0.4, -0.2) is 17.1 Å². The molecule has 1 aromatic rings. The SMILES string of the molecule is O=C(NC1c2ccccc2CC1O)C1CCCC1. The van der Waals surface area contributed by atoms with Crippen molar-refractivity contribution >= 4 is 5.91 Å². The van der Waals surface area contributed by atoms with Crippen LogP contribution in [0.2, 0.25) is 0 Å². The molecular weight excluding hydrogens is 226 g/mol. The van der Waals surface area contributed by atoms with Crippen molar-refractivity contribution in [2.45, 2.75) is 44.2 Å². The molecule has 2 aliphatic rings. The summed E-state index contributed by atoms with van der Waals surface area (Å²) in [6.45, 7) is 0. The Morgan fingerprint density at radius 2 is 1.94 bits per heavy atom. The summed E-state index contributed by atoms with van der Waals surface area (Å²) in [5.41, 5.74) is 2.23. The van der Waals surface area contributed by atoms with Crippen LogP contribution in [0.25, 0.3) is 0 Å². The average Bonchev–Trinajstić information content (AvgIpc) is 2.98. The molecule has 0 spiro atoms. The van der Waals surface area contributed by atoms with E-state index in [9.17, 15) is 9.90 Å². The van der Waals surface area contributed by atoms with E-state index >= 15 is 0 Å². The number of aliphatic hydroxyl groups excluding tert-OH is 1. The fraction of sp³-hybridized carbons (Fsp3) is 0.533. The van der Waals surface area contributed by atoms with Gasteiger partial charge in [0, 0.05) is 12.3 Å². The summed E-state index contributed by atoms with van der Waals surface area (Å²) in [6, 6.07) is 7.76. The van der Waals surface area contributed by atoms with Crippen LogP contribution in [0.1, 0.15) is 42.9 Å². The first-order chi connectivity index (χ1) is 8.75. The predicted octanol–water partition coefficient (Wildman–Crippen LogP) is 1.95. The monoisotopic (exact) mass is 245 g/mol. The highest BCUT2D eigenvalue weighted by molar-refractivity contribution is 5.79. The Morgan fingerprint density at radius 1 is 1.22 bits per heavy atom. The number of nitrogens with one attached hydrogen (secondary N) is 1. The van der Waals surface area contributed by atoms with Gasteiger partial charge in [-0.3, -0.25) is 4.79 Å². The highest BCUT2D eigenvalue weighted by atomic mass is 16.3. The maximum atomic E-state index is 12.1. The molecule has 0 heterocycles. The van der Waals surface area contributed by atoms with Crippen molar-refractivity contribution in [3.8, 4) is 0 Å². The van der Waals surface area contributed by atoms with Gasteiger partial charge in [0.05, 0.1) is 12.1 Å². The van der Waals surface area contributed by atoms with E-state index in [-0.39, 0.29) is 17.9 Å². The Kier molecular flexibility index (Phi) is 3.08. The van der Waals surface area contributed by atoms with Gasteiger partial charge in [-0.1, -0.05) is 37.1 Å². The smallest absolute Gasteiger partial charge is 0.223 e. The summed E-state index contributed by atoms with van der Waals surface area (Å²) < 4.78 is 0. The summed E-state index contributed by atoms with van der Waals surface area (Å²) in [5.74, 6) is 0.276. The highest BCUT2D eigenvalue weighted by Crippen LogP contribution is 2.32. The molecule has 2 aliphatic carbocycles. The summed E-state index contributed by atoms with van der Waals surface area (Å²) >= 11 is 0. The number of aliphatic hydroxyl groups is 1. The van der Waals surface area contributed by atoms with Crippen LogP contribution in [0.4, 0.5) is 0 Å². The molecule has 3 heteroatoms. The van der Waals surface area contributed by atoms with Gasteiger partial charge in [0.2, 0.25) is 5.91 Å². The van der Waals surface area contributed by atoms with Crippen molar-refractivity contribution in [1.29, 1.82) is 0 Å². The Bertz CT molecular complexity index is 452. The number of carbonyl (C=O) groups is 1. The number of hydrogen-bond donors (Lipinski definition) is 2. The highest BCUT2D eigenvalue weighted by Gasteiger charge is 2.33. The summed E-state index contributed by atoms with van der Waals surface area (Å²) in [4.78, 5) is 12.1. The van der Waals surface area contributed by atoms with Crippen molar-refractivity contribution in [3.63, 3.8) is 0 Å². The number of amides is 1. The third-order valence-corrected chi connectivity index (χ3v) is 4.23. The third kappa shape index (κ3) is 2.03. The number of fused-ring (bicyclic) bond motifs is 1. The second kappa shape index (κ2) is 4.73. The lowest BCUT2D eigenvalue weighted by atomic mass is 10.0. The fourth-order valence-electron chi connectivity index (χ4n) is 3.21. The van der Waals surface area contributed by atoms with Crippen molar-refractivity contribution in [3.05, 3.63) is 35.4 Å². The summed E-state index contributed by atoms with van der Waals surface area (Å²) in [7, 11) is 0. The molecule has 2 unspecified atom stereocenters. The van der Waals surface area contributed by atoms with E-state index in [1.54, 1.807) is 0 Å². The molecule has 3 rings (SSSR count). The van der Waals surface area contributed by atoms with Crippen molar-refractivity contribution in [2.75, 3.05) is 0 Å². The molecule has 0 radical (unpaired) electrons. The van der Waals surface area contributed by atoms with Crippen LogP contribution in [0.3, 0.4) is 0 Å². The minimum atomic E-state index is -0.479. The molecule has 0 saturated heterocycles. The standard InChI is InChI=1S/C15H19NO2/c17-13-9-11-7-3-4-8-12(11)14(13)16-15(18)10-5-1-2-6-10/h3-4,7-8,10,13-14,17H,1-2,5-6,9H2,(H,16,18). The molecule has 1 amide bonds. The maximum Gasteiger partial charge on any atom is 0.223 e. The zero-order chi connectivity index (χ0) is 12.5. The van der Waals surface area contributed by atoms with Gasteiger partial charge in [-0.2, -0.15) is 0 Å². The van der Waals surface area contributed by atoms with Crippen LogP contribution in [-0.2, 0) is 11.2 Å². The minimum Gasteiger partial charge on any atom is -0.390 e. The van der Waals surface area contributed by atoms with Gasteiger partial charge in [-0.25, -0.2) is 0 Å². The molecule has 2 atom stereocenters. The molecule has 3 nitrogen and oxygen atoms in total. The minimum absolute atomic E-state index is 0.119. The fourth-order valence-corrected chi connectivity index (χ4v) is 3.21. The lowest BCUT2D eigenvalue weighted by Gasteiger charge is -2.20. The van der Waals surface area contributed by atoms with E-state index in [4.69, 9.17) is 0 Å². The second-order valence-electron chi connectivity index (χ2n) is 5.44. The van der Waals surface area contributed by atoms with Crippen LogP contribution < -0.4 is 5.32 Å². The predicted molar refractivity (Wildman–Crippen MR) is 69.0 cm³/mol. The first-order valence-electron chi connectivity index (χ1n) is 6.82. The van der Waals surface area contributed by atoms with Crippen molar-refractivity contribution in [2.24, 2.45) is 5.92 Å². The Balaban J connectivity index is 1.74. The largest absolute Gasteiger partial charge is 0.390 e. The zero-order valence-electron chi connectivity index (χ0n) is 10.4. The molecule has 0 bridgehead atoms. The number of hydrogen-bond acceptors (Lipinski definition) is 2. The molecule has 2 N–H and O–H groups in total. The molecule has 0 aromatic heterocycles. The first kappa shape index (κ1) is 11.7. The van der Waals surface area contributed by atoms with Crippen molar-refractivity contribution < 1.29 is 9.90 Å². The van der Waals surface area contributed by atoms with Crippen LogP contribution in [0, 0.1) is 5.92 Å². The topological polar surface area (TPSA) is 49.3 Å². The van der Waals surface area contributed by atoms with Gasteiger partial charge >= 0.3 is 0 Å². The Morgan fingerprint density at radius 3 is 2.72 bits per heavy atom. The molecule has 18 heavy (non-hydrogen) atoms. The van der Waals surface area contributed by atoms with Gasteiger partial charge in [0.1, 0.15) is 0 Å². The number of carbonyl (C=O) groups excluding carboxylic acids is 1. The van der Waals surface area contributed by atoms with Crippen LogP contribution in [0.5, 0.6) is 0 Å². The van der Waals surface area contributed by atoms with Gasteiger partial charge in [-0.15, -0.1) is 0 Å². The number of benzene rings is 1. The Hall–Kier alpha value is -1.35. The van der Waals surface area contributed by atoms with E-state index in [0.717, 1.165) is 36.8 Å². The van der Waals surface area contributed by atoms with Gasteiger partial charge in [-0.05, 0) is 24.0 Å². The Labute approximate surface area is 107 Å². The van der Waals surface area contributed by atoms with E-state index in [1.165, 1.54) is 0 Å². The van der Waals surface area contributed by atoms with E-state index in [0.29, 0.717) is 6.42 Å². The molecule has 0 aliphatic heterocycles. The zero-order valence-corrected chi connectivity index (χ0v) is 10.4. The number of rotatable bonds is 2. The lowest BCUT2D eigenvalue weighted by molar-refractivity contribution is -0.126. The van der Waals surface area contributed by atoms with Gasteiger partial charge in [0.25, 0.3) is 0 Å². The normalized spacial score (nSPS) is 27.2. The summed E-state index contributed by atoms with van der Waals surface area (Å²) in [6.07, 6.45) is 4.47. The van der Waals surface area contributed by atoms with Crippen molar-refractivity contribution in [1.82, 2.24) is 5.32 Å². The van der Waals surface area contributed by atoms with Gasteiger partial charge in [0.15, 0.2) is 0 Å². The first-order valence-corrected chi connectivity index (χ1v) is 6.82. The maximum absolute atomic E-state index is 12.1. The quantitative estimate of drug-likeness (QED) is 0.836. The summed E-state index contributed by atoms with van der Waals surface area (Å²) in [5, 5.41) is 13.1.